The molecule has 8 nitrogen and oxygen atoms in total. The zero-order chi connectivity index (χ0) is 25.9. The van der Waals surface area contributed by atoms with Gasteiger partial charge in [-0.15, -0.1) is 11.3 Å². The number of likely N-dealkylation sites (tertiary alicyclic amines) is 1. The lowest BCUT2D eigenvalue weighted by Gasteiger charge is -2.29. The maximum atomic E-state index is 11.6. The van der Waals surface area contributed by atoms with Crippen molar-refractivity contribution < 1.29 is 9.53 Å². The largest absolute Gasteiger partial charge is 0.453 e. The van der Waals surface area contributed by atoms with Gasteiger partial charge in [0, 0.05) is 65.7 Å². The third kappa shape index (κ3) is 5.50. The Balaban J connectivity index is 1.24. The van der Waals surface area contributed by atoms with Crippen molar-refractivity contribution in [2.24, 2.45) is 0 Å². The number of hydrogen-bond donors (Lipinski definition) is 1. The van der Waals surface area contributed by atoms with Crippen LogP contribution < -0.4 is 10.1 Å². The van der Waals surface area contributed by atoms with Crippen LogP contribution in [0.1, 0.15) is 31.5 Å². The van der Waals surface area contributed by atoms with Crippen molar-refractivity contribution in [3.05, 3.63) is 72.1 Å². The molecule has 0 atom stereocenters. The van der Waals surface area contributed by atoms with E-state index in [4.69, 9.17) is 14.7 Å². The second-order valence-corrected chi connectivity index (χ2v) is 11.6. The standard InChI is InChI=1S/C27H24N6O2S3/c1-17(34)33-12-8-18(9-13-33)25-30-27(38-32-25)31-26-22(35-19-5-3-2-4-6-19)15-20(16-29-26)37-23-7-11-28-21-10-14-36-24(21)23/h2-7,10-11,14-16,18H,8-9,12-13H2,1H3,(H,29,30,31,32). The first-order chi connectivity index (χ1) is 18.6. The summed E-state index contributed by atoms with van der Waals surface area (Å²) in [6.07, 6.45) is 5.41. The number of amides is 1. The highest BCUT2D eigenvalue weighted by molar-refractivity contribution is 7.99. The Morgan fingerprint density at radius 3 is 2.79 bits per heavy atom. The lowest BCUT2D eigenvalue weighted by atomic mass is 9.96. The van der Waals surface area contributed by atoms with E-state index in [2.05, 4.69) is 20.1 Å². The van der Waals surface area contributed by atoms with Crippen molar-refractivity contribution in [3.63, 3.8) is 0 Å². The molecule has 0 radical (unpaired) electrons. The van der Waals surface area contributed by atoms with Crippen LogP contribution in [0.25, 0.3) is 10.2 Å². The fourth-order valence-electron chi connectivity index (χ4n) is 4.33. The molecule has 5 heterocycles. The predicted molar refractivity (Wildman–Crippen MR) is 152 cm³/mol. The van der Waals surface area contributed by atoms with Gasteiger partial charge in [-0.1, -0.05) is 30.0 Å². The Bertz CT molecular complexity index is 1560. The van der Waals surface area contributed by atoms with Gasteiger partial charge in [0.1, 0.15) is 11.6 Å². The second-order valence-electron chi connectivity index (χ2n) is 8.84. The zero-order valence-corrected chi connectivity index (χ0v) is 23.0. The van der Waals surface area contributed by atoms with Crippen molar-refractivity contribution in [3.8, 4) is 11.5 Å². The molecule has 1 N–H and O–H groups in total. The highest BCUT2D eigenvalue weighted by Gasteiger charge is 2.25. The molecule has 1 aliphatic rings. The van der Waals surface area contributed by atoms with Crippen molar-refractivity contribution in [1.82, 2.24) is 24.2 Å². The Hall–Kier alpha value is -3.54. The van der Waals surface area contributed by atoms with Gasteiger partial charge in [-0.25, -0.2) is 9.97 Å². The molecule has 5 aromatic rings. The Morgan fingerprint density at radius 2 is 1.97 bits per heavy atom. The van der Waals surface area contributed by atoms with Crippen LogP contribution in [0, 0.1) is 0 Å². The number of para-hydroxylation sites is 1. The lowest BCUT2D eigenvalue weighted by Crippen LogP contribution is -2.36. The number of thiophene rings is 1. The van der Waals surface area contributed by atoms with E-state index < -0.39 is 0 Å². The fraction of sp³-hybridized carbons (Fsp3) is 0.222. The van der Waals surface area contributed by atoms with Gasteiger partial charge >= 0.3 is 0 Å². The third-order valence-electron chi connectivity index (χ3n) is 6.31. The van der Waals surface area contributed by atoms with E-state index in [-0.39, 0.29) is 11.8 Å². The molecule has 4 aromatic heterocycles. The summed E-state index contributed by atoms with van der Waals surface area (Å²) < 4.78 is 12.0. The monoisotopic (exact) mass is 560 g/mol. The molecular formula is C27H24N6O2S3. The van der Waals surface area contributed by atoms with Crippen LogP contribution in [0.4, 0.5) is 10.9 Å². The number of piperidine rings is 1. The van der Waals surface area contributed by atoms with Gasteiger partial charge in [-0.2, -0.15) is 4.37 Å². The minimum absolute atomic E-state index is 0.124. The van der Waals surface area contributed by atoms with Crippen LogP contribution in [0.15, 0.2) is 76.1 Å². The Labute approximate surface area is 232 Å². The van der Waals surface area contributed by atoms with Crippen LogP contribution in [0.2, 0.25) is 0 Å². The van der Waals surface area contributed by atoms with Crippen molar-refractivity contribution in [2.45, 2.75) is 35.5 Å². The number of ether oxygens (including phenoxy) is 1. The number of hydrogen-bond acceptors (Lipinski definition) is 10. The minimum atomic E-state index is 0.124. The summed E-state index contributed by atoms with van der Waals surface area (Å²) >= 11 is 4.62. The molecule has 1 amide bonds. The minimum Gasteiger partial charge on any atom is -0.453 e. The number of carbonyl (C=O) groups excluding carboxylic acids is 1. The quantitative estimate of drug-likeness (QED) is 0.228. The zero-order valence-electron chi connectivity index (χ0n) is 20.5. The first-order valence-corrected chi connectivity index (χ1v) is 14.7. The summed E-state index contributed by atoms with van der Waals surface area (Å²) in [5, 5.41) is 6.04. The number of rotatable bonds is 7. The van der Waals surface area contributed by atoms with E-state index >= 15 is 0 Å². The highest BCUT2D eigenvalue weighted by atomic mass is 32.2. The molecule has 0 saturated carbocycles. The van der Waals surface area contributed by atoms with Gasteiger partial charge in [-0.05, 0) is 42.5 Å². The summed E-state index contributed by atoms with van der Waals surface area (Å²) in [6, 6.07) is 15.7. The summed E-state index contributed by atoms with van der Waals surface area (Å²) in [5.74, 6) is 3.08. The smallest absolute Gasteiger partial charge is 0.219 e. The first kappa shape index (κ1) is 24.8. The summed E-state index contributed by atoms with van der Waals surface area (Å²) in [7, 11) is 0. The van der Waals surface area contributed by atoms with E-state index in [0.717, 1.165) is 57.5 Å². The van der Waals surface area contributed by atoms with Gasteiger partial charge in [0.15, 0.2) is 11.6 Å². The SMILES string of the molecule is CC(=O)N1CCC(c2nsc(Nc3ncc(Sc4ccnc5ccsc45)cc3Oc3ccccc3)n2)CC1. The topological polar surface area (TPSA) is 93.1 Å². The molecular weight excluding hydrogens is 537 g/mol. The molecule has 192 valence electrons. The fourth-order valence-corrected chi connectivity index (χ4v) is 6.86. The van der Waals surface area contributed by atoms with Gasteiger partial charge in [0.05, 0.1) is 10.2 Å². The molecule has 11 heteroatoms. The maximum absolute atomic E-state index is 11.6. The number of nitrogens with zero attached hydrogens (tertiary/aromatic N) is 5. The number of benzene rings is 1. The van der Waals surface area contributed by atoms with Gasteiger partial charge < -0.3 is 15.0 Å². The van der Waals surface area contributed by atoms with Gasteiger partial charge in [0.25, 0.3) is 0 Å². The number of fused-ring (bicyclic) bond motifs is 1. The second kappa shape index (κ2) is 11.1. The van der Waals surface area contributed by atoms with E-state index in [1.165, 1.54) is 11.5 Å². The number of nitrogens with one attached hydrogen (secondary N) is 1. The van der Waals surface area contributed by atoms with Crippen LogP contribution in [0.5, 0.6) is 11.5 Å². The van der Waals surface area contributed by atoms with Crippen LogP contribution >= 0.6 is 34.6 Å². The van der Waals surface area contributed by atoms with Crippen molar-refractivity contribution in [2.75, 3.05) is 18.4 Å². The summed E-state index contributed by atoms with van der Waals surface area (Å²) in [4.78, 5) is 29.5. The summed E-state index contributed by atoms with van der Waals surface area (Å²) in [5.41, 5.74) is 0.992. The van der Waals surface area contributed by atoms with Crippen LogP contribution in [-0.4, -0.2) is 43.2 Å². The number of pyridine rings is 2. The molecule has 6 rings (SSSR count). The number of anilines is 2. The highest BCUT2D eigenvalue weighted by Crippen LogP contribution is 2.39. The molecule has 1 aliphatic heterocycles. The Morgan fingerprint density at radius 1 is 1.13 bits per heavy atom. The number of carbonyl (C=O) groups is 1. The van der Waals surface area contributed by atoms with Crippen LogP contribution in [0.3, 0.4) is 0 Å². The average Bonchev–Trinajstić information content (AvgIpc) is 3.61. The van der Waals surface area contributed by atoms with Gasteiger partial charge in [0.2, 0.25) is 11.0 Å². The molecule has 0 spiro atoms. The van der Waals surface area contributed by atoms with Crippen molar-refractivity contribution >= 4 is 61.7 Å². The normalized spacial score (nSPS) is 14.1. The van der Waals surface area contributed by atoms with E-state index in [9.17, 15) is 4.79 Å². The molecule has 0 aliphatic carbocycles. The molecule has 38 heavy (non-hydrogen) atoms. The predicted octanol–water partition coefficient (Wildman–Crippen LogP) is 6.96. The number of aromatic nitrogens is 4. The van der Waals surface area contributed by atoms with Crippen molar-refractivity contribution in [1.29, 1.82) is 0 Å². The van der Waals surface area contributed by atoms with E-state index in [0.29, 0.717) is 16.7 Å². The molecule has 1 saturated heterocycles. The van der Waals surface area contributed by atoms with E-state index in [1.54, 1.807) is 30.0 Å². The Kier molecular flexibility index (Phi) is 7.21. The van der Waals surface area contributed by atoms with Gasteiger partial charge in [-0.3, -0.25) is 9.78 Å². The maximum Gasteiger partial charge on any atom is 0.219 e. The molecule has 1 aromatic carbocycles. The molecule has 0 bridgehead atoms. The first-order valence-electron chi connectivity index (χ1n) is 12.2. The third-order valence-corrected chi connectivity index (χ3v) is 9.04. The van der Waals surface area contributed by atoms with Crippen LogP contribution in [-0.2, 0) is 4.79 Å². The van der Waals surface area contributed by atoms with E-state index in [1.807, 2.05) is 65.8 Å². The lowest BCUT2D eigenvalue weighted by molar-refractivity contribution is -0.129. The molecule has 1 fully saturated rings. The summed E-state index contributed by atoms with van der Waals surface area (Å²) in [6.45, 7) is 3.11. The average molecular weight is 561 g/mol. The molecule has 0 unspecified atom stereocenters.